The highest BCUT2D eigenvalue weighted by Gasteiger charge is 2.16. The third-order valence-corrected chi connectivity index (χ3v) is 4.24. The first kappa shape index (κ1) is 12.6. The second-order valence-corrected chi connectivity index (χ2v) is 5.41. The number of hydrogen-bond donors (Lipinski definition) is 0. The van der Waals surface area contributed by atoms with Gasteiger partial charge in [0.1, 0.15) is 15.5 Å². The van der Waals surface area contributed by atoms with E-state index in [9.17, 15) is 0 Å². The van der Waals surface area contributed by atoms with E-state index in [0.29, 0.717) is 15.3 Å². The van der Waals surface area contributed by atoms with Crippen LogP contribution in [0, 0.1) is 13.8 Å². The van der Waals surface area contributed by atoms with Crippen LogP contribution in [0.1, 0.15) is 11.4 Å². The van der Waals surface area contributed by atoms with Gasteiger partial charge in [0.05, 0.1) is 0 Å². The summed E-state index contributed by atoms with van der Waals surface area (Å²) in [5.41, 5.74) is 2.85. The highest BCUT2D eigenvalue weighted by molar-refractivity contribution is 9.10. The molecule has 0 aliphatic heterocycles. The predicted molar refractivity (Wildman–Crippen MR) is 78.4 cm³/mol. The van der Waals surface area contributed by atoms with E-state index in [1.54, 1.807) is 0 Å². The van der Waals surface area contributed by atoms with Gasteiger partial charge < -0.3 is 0 Å². The number of halogens is 2. The number of rotatable bonds is 1. The molecule has 96 valence electrons. The monoisotopic (exact) mass is 336 g/mol. The van der Waals surface area contributed by atoms with Crippen LogP contribution in [0.25, 0.3) is 17.0 Å². The van der Waals surface area contributed by atoms with E-state index in [0.717, 1.165) is 22.8 Å². The van der Waals surface area contributed by atoms with Crippen molar-refractivity contribution >= 4 is 33.2 Å². The first-order valence-corrected chi connectivity index (χ1v) is 6.89. The summed E-state index contributed by atoms with van der Waals surface area (Å²) in [6.07, 6.45) is 0. The summed E-state index contributed by atoms with van der Waals surface area (Å²) >= 11 is 9.44. The number of benzene rings is 1. The predicted octanol–water partition coefficient (Wildman–Crippen LogP) is 3.82. The van der Waals surface area contributed by atoms with Crippen molar-refractivity contribution in [3.8, 4) is 11.4 Å². The van der Waals surface area contributed by atoms with Gasteiger partial charge in [-0.3, -0.25) is 4.40 Å². The molecule has 0 amide bonds. The Morgan fingerprint density at radius 2 is 1.89 bits per heavy atom. The standard InChI is InChI=1S/C13H10BrClN4/c1-7-5-3-4-6-9(7)12-17-18-13-10(14)11(15)16-8(2)19(12)13/h3-6H,1-2H3. The normalized spacial score (nSPS) is 11.2. The van der Waals surface area contributed by atoms with E-state index < -0.39 is 0 Å². The van der Waals surface area contributed by atoms with Gasteiger partial charge in [0.2, 0.25) is 0 Å². The van der Waals surface area contributed by atoms with Crippen LogP contribution in [0.2, 0.25) is 5.15 Å². The van der Waals surface area contributed by atoms with Crippen LogP contribution < -0.4 is 0 Å². The highest BCUT2D eigenvalue weighted by atomic mass is 79.9. The van der Waals surface area contributed by atoms with Gasteiger partial charge in [-0.05, 0) is 35.3 Å². The Morgan fingerprint density at radius 3 is 2.63 bits per heavy atom. The molecule has 2 heterocycles. The summed E-state index contributed by atoms with van der Waals surface area (Å²) in [4.78, 5) is 4.29. The van der Waals surface area contributed by atoms with Crippen LogP contribution in [-0.2, 0) is 0 Å². The van der Waals surface area contributed by atoms with Crippen LogP contribution >= 0.6 is 27.5 Å². The van der Waals surface area contributed by atoms with E-state index in [1.807, 2.05) is 42.5 Å². The molecule has 19 heavy (non-hydrogen) atoms. The number of fused-ring (bicyclic) bond motifs is 1. The molecule has 4 nitrogen and oxygen atoms in total. The van der Waals surface area contributed by atoms with Gasteiger partial charge >= 0.3 is 0 Å². The first-order valence-electron chi connectivity index (χ1n) is 5.72. The molecule has 0 saturated carbocycles. The molecule has 3 rings (SSSR count). The zero-order chi connectivity index (χ0) is 13.6. The van der Waals surface area contributed by atoms with E-state index in [4.69, 9.17) is 11.6 Å². The Morgan fingerprint density at radius 1 is 1.16 bits per heavy atom. The zero-order valence-corrected chi connectivity index (χ0v) is 12.7. The van der Waals surface area contributed by atoms with E-state index in [2.05, 4.69) is 31.1 Å². The van der Waals surface area contributed by atoms with Gasteiger partial charge in [0, 0.05) is 5.56 Å². The van der Waals surface area contributed by atoms with Crippen molar-refractivity contribution < 1.29 is 0 Å². The van der Waals surface area contributed by atoms with Gasteiger partial charge in [0.25, 0.3) is 0 Å². The second kappa shape index (κ2) is 4.58. The van der Waals surface area contributed by atoms with Gasteiger partial charge in [-0.15, -0.1) is 10.2 Å². The van der Waals surface area contributed by atoms with Crippen molar-refractivity contribution in [3.63, 3.8) is 0 Å². The van der Waals surface area contributed by atoms with Crippen molar-refractivity contribution in [2.75, 3.05) is 0 Å². The molecular formula is C13H10BrClN4. The molecule has 0 unspecified atom stereocenters. The van der Waals surface area contributed by atoms with Crippen molar-refractivity contribution in [1.82, 2.24) is 19.6 Å². The Bertz CT molecular complexity index is 782. The Kier molecular flexibility index (Phi) is 3.03. The van der Waals surface area contributed by atoms with Gasteiger partial charge in [-0.1, -0.05) is 35.9 Å². The minimum Gasteiger partial charge on any atom is -0.262 e. The summed E-state index contributed by atoms with van der Waals surface area (Å²) < 4.78 is 2.56. The van der Waals surface area contributed by atoms with Crippen LogP contribution in [0.4, 0.5) is 0 Å². The fourth-order valence-corrected chi connectivity index (χ4v) is 2.62. The third-order valence-electron chi connectivity index (χ3n) is 3.01. The third kappa shape index (κ3) is 1.93. The molecular weight excluding hydrogens is 328 g/mol. The summed E-state index contributed by atoms with van der Waals surface area (Å²) in [5, 5.41) is 8.87. The topological polar surface area (TPSA) is 43.1 Å². The molecule has 0 saturated heterocycles. The average Bonchev–Trinajstić information content (AvgIpc) is 2.82. The number of aryl methyl sites for hydroxylation is 2. The Labute approximate surface area is 123 Å². The van der Waals surface area contributed by atoms with Crippen molar-refractivity contribution in [2.45, 2.75) is 13.8 Å². The van der Waals surface area contributed by atoms with Gasteiger partial charge in [0.15, 0.2) is 11.5 Å². The minimum absolute atomic E-state index is 0.397. The number of hydrogen-bond acceptors (Lipinski definition) is 3. The molecule has 2 aromatic heterocycles. The maximum Gasteiger partial charge on any atom is 0.180 e. The molecule has 0 atom stereocenters. The maximum absolute atomic E-state index is 6.04. The molecule has 0 aliphatic rings. The molecule has 3 aromatic rings. The first-order chi connectivity index (χ1) is 9.09. The van der Waals surface area contributed by atoms with Crippen molar-refractivity contribution in [3.05, 3.63) is 45.3 Å². The highest BCUT2D eigenvalue weighted by Crippen LogP contribution is 2.29. The largest absolute Gasteiger partial charge is 0.262 e. The number of nitrogens with zero attached hydrogens (tertiary/aromatic N) is 4. The SMILES string of the molecule is Cc1ccccc1-c1nnc2c(Br)c(Cl)nc(C)n12. The van der Waals surface area contributed by atoms with Gasteiger partial charge in [-0.2, -0.15) is 0 Å². The van der Waals surface area contributed by atoms with Crippen LogP contribution in [0.15, 0.2) is 28.7 Å². The quantitative estimate of drug-likeness (QED) is 0.634. The maximum atomic E-state index is 6.04. The smallest absolute Gasteiger partial charge is 0.180 e. The lowest BCUT2D eigenvalue weighted by molar-refractivity contribution is 0.981. The molecule has 0 N–H and O–H groups in total. The van der Waals surface area contributed by atoms with Crippen molar-refractivity contribution in [1.29, 1.82) is 0 Å². The second-order valence-electron chi connectivity index (χ2n) is 4.26. The van der Waals surface area contributed by atoms with Crippen LogP contribution in [-0.4, -0.2) is 19.6 Å². The molecule has 0 radical (unpaired) electrons. The fraction of sp³-hybridized carbons (Fsp3) is 0.154. The lowest BCUT2D eigenvalue weighted by atomic mass is 10.1. The summed E-state index contributed by atoms with van der Waals surface area (Å²) in [5.74, 6) is 1.53. The molecule has 0 bridgehead atoms. The molecule has 0 spiro atoms. The summed E-state index contributed by atoms with van der Waals surface area (Å²) in [7, 11) is 0. The lowest BCUT2D eigenvalue weighted by Gasteiger charge is -2.07. The van der Waals surface area contributed by atoms with Crippen molar-refractivity contribution in [2.24, 2.45) is 0 Å². The molecule has 1 aromatic carbocycles. The molecule has 0 fully saturated rings. The minimum atomic E-state index is 0.397. The lowest BCUT2D eigenvalue weighted by Crippen LogP contribution is -2.00. The van der Waals surface area contributed by atoms with E-state index >= 15 is 0 Å². The molecule has 0 aliphatic carbocycles. The number of aromatic nitrogens is 4. The molecule has 6 heteroatoms. The summed E-state index contributed by atoms with van der Waals surface area (Å²) in [6, 6.07) is 8.05. The van der Waals surface area contributed by atoms with E-state index in [-0.39, 0.29) is 0 Å². The van der Waals surface area contributed by atoms with Crippen LogP contribution in [0.3, 0.4) is 0 Å². The fourth-order valence-electron chi connectivity index (χ4n) is 2.06. The van der Waals surface area contributed by atoms with E-state index in [1.165, 1.54) is 0 Å². The van der Waals surface area contributed by atoms with Crippen LogP contribution in [0.5, 0.6) is 0 Å². The Hall–Kier alpha value is -1.46. The Balaban J connectivity index is 2.39. The average molecular weight is 338 g/mol. The zero-order valence-electron chi connectivity index (χ0n) is 10.4. The summed E-state index contributed by atoms with van der Waals surface area (Å²) in [6.45, 7) is 3.93. The van der Waals surface area contributed by atoms with Gasteiger partial charge in [-0.25, -0.2) is 4.98 Å².